The van der Waals surface area contributed by atoms with E-state index in [2.05, 4.69) is 32.9 Å². The number of amides is 2. The van der Waals surface area contributed by atoms with Gasteiger partial charge in [0.25, 0.3) is 5.91 Å². The van der Waals surface area contributed by atoms with E-state index in [0.717, 1.165) is 20.4 Å². The molecule has 1 aromatic heterocycles. The van der Waals surface area contributed by atoms with Gasteiger partial charge in [-0.25, -0.2) is 13.2 Å². The molecule has 0 atom stereocenters. The third-order valence-electron chi connectivity index (χ3n) is 5.86. The van der Waals surface area contributed by atoms with E-state index in [0.29, 0.717) is 24.4 Å². The van der Waals surface area contributed by atoms with Crippen molar-refractivity contribution in [3.8, 4) is 0 Å². The summed E-state index contributed by atoms with van der Waals surface area (Å²) in [5.74, 6) is -3.85. The molecule has 2 aromatic carbocycles. The zero-order valence-electron chi connectivity index (χ0n) is 18.7. The van der Waals surface area contributed by atoms with Crippen LogP contribution in [0.2, 0.25) is 0 Å². The van der Waals surface area contributed by atoms with Gasteiger partial charge in [-0.05, 0) is 73.2 Å². The summed E-state index contributed by atoms with van der Waals surface area (Å²) >= 11 is 2.09. The van der Waals surface area contributed by atoms with Crippen LogP contribution in [0.15, 0.2) is 42.6 Å². The molecule has 2 heterocycles. The topological polar surface area (TPSA) is 62.3 Å². The van der Waals surface area contributed by atoms with E-state index in [1.165, 1.54) is 0 Å². The normalized spacial score (nSPS) is 14.3. The minimum atomic E-state index is -1.08. The number of carbonyl (C=O) groups excluding carboxylic acids is 2. The first-order valence-corrected chi connectivity index (χ1v) is 11.6. The maximum Gasteiger partial charge on any atom is 0.251 e. The molecule has 0 radical (unpaired) electrons. The summed E-state index contributed by atoms with van der Waals surface area (Å²) in [6.45, 7) is 5.41. The summed E-state index contributed by atoms with van der Waals surface area (Å²) in [5.41, 5.74) is 2.17. The number of rotatable bonds is 5. The van der Waals surface area contributed by atoms with Crippen LogP contribution in [-0.2, 0) is 23.3 Å². The summed E-state index contributed by atoms with van der Waals surface area (Å²) in [6.07, 6.45) is 1.68. The number of nitrogens with zero attached hydrogens (tertiary/aromatic N) is 2. The van der Waals surface area contributed by atoms with Gasteiger partial charge in [-0.2, -0.15) is 0 Å². The summed E-state index contributed by atoms with van der Waals surface area (Å²) < 4.78 is 41.8. The van der Waals surface area contributed by atoms with Crippen molar-refractivity contribution in [2.75, 3.05) is 4.90 Å². The first-order valence-electron chi connectivity index (χ1n) is 10.5. The lowest BCUT2D eigenvalue weighted by molar-refractivity contribution is -0.122. The zero-order valence-corrected chi connectivity index (χ0v) is 20.8. The molecule has 34 heavy (non-hydrogen) atoms. The predicted molar refractivity (Wildman–Crippen MR) is 130 cm³/mol. The fourth-order valence-electron chi connectivity index (χ4n) is 4.16. The van der Waals surface area contributed by atoms with E-state index >= 15 is 0 Å². The molecule has 0 fully saturated rings. The molecule has 1 N–H and O–H groups in total. The summed E-state index contributed by atoms with van der Waals surface area (Å²) in [7, 11) is 0. The third-order valence-corrected chi connectivity index (χ3v) is 6.71. The van der Waals surface area contributed by atoms with Crippen LogP contribution >= 0.6 is 22.6 Å². The molecule has 0 unspecified atom stereocenters. The van der Waals surface area contributed by atoms with Gasteiger partial charge in [-0.3, -0.25) is 14.6 Å². The molecule has 9 heteroatoms. The van der Waals surface area contributed by atoms with Crippen molar-refractivity contribution in [2.24, 2.45) is 0 Å². The van der Waals surface area contributed by atoms with Crippen LogP contribution in [0.1, 0.15) is 46.6 Å². The van der Waals surface area contributed by atoms with Crippen molar-refractivity contribution in [3.05, 3.63) is 91.6 Å². The van der Waals surface area contributed by atoms with Crippen LogP contribution in [0.3, 0.4) is 0 Å². The lowest BCUT2D eigenvalue weighted by Gasteiger charge is -2.20. The van der Waals surface area contributed by atoms with Gasteiger partial charge in [0.2, 0.25) is 5.91 Å². The number of hydrogen-bond acceptors (Lipinski definition) is 3. The molecular formula is C25H21F3IN3O2. The van der Waals surface area contributed by atoms with Crippen LogP contribution < -0.4 is 10.2 Å². The van der Waals surface area contributed by atoms with E-state index in [1.807, 2.05) is 32.9 Å². The Labute approximate surface area is 208 Å². The Balaban J connectivity index is 1.65. The molecule has 0 bridgehead atoms. The maximum absolute atomic E-state index is 13.9. The zero-order chi connectivity index (χ0) is 24.8. The van der Waals surface area contributed by atoms with Gasteiger partial charge in [-0.15, -0.1) is 0 Å². The number of anilines is 1. The molecule has 0 spiro atoms. The highest BCUT2D eigenvalue weighted by Gasteiger charge is 2.45. The minimum Gasteiger partial charge on any atom is -0.348 e. The van der Waals surface area contributed by atoms with Gasteiger partial charge >= 0.3 is 0 Å². The van der Waals surface area contributed by atoms with Gasteiger partial charge in [0.05, 0.1) is 17.6 Å². The highest BCUT2D eigenvalue weighted by atomic mass is 127. The highest BCUT2D eigenvalue weighted by Crippen LogP contribution is 2.45. The van der Waals surface area contributed by atoms with Crippen molar-refractivity contribution >= 4 is 40.1 Å². The predicted octanol–water partition coefficient (Wildman–Crippen LogP) is 5.17. The first-order chi connectivity index (χ1) is 16.0. The van der Waals surface area contributed by atoms with E-state index in [-0.39, 0.29) is 11.5 Å². The number of hydrogen-bond donors (Lipinski definition) is 1. The fourth-order valence-corrected chi connectivity index (χ4v) is 5.45. The molecule has 176 valence electrons. The van der Waals surface area contributed by atoms with Gasteiger partial charge in [-0.1, -0.05) is 0 Å². The van der Waals surface area contributed by atoms with Gasteiger partial charge < -0.3 is 10.2 Å². The first kappa shape index (κ1) is 24.2. The molecular weight excluding hydrogens is 558 g/mol. The third kappa shape index (κ3) is 4.40. The van der Waals surface area contributed by atoms with Crippen LogP contribution in [0.25, 0.3) is 0 Å². The Hall–Kier alpha value is -2.95. The quantitative estimate of drug-likeness (QED) is 0.425. The molecule has 1 aliphatic rings. The minimum absolute atomic E-state index is 0.0945. The lowest BCUT2D eigenvalue weighted by Crippen LogP contribution is -2.35. The summed E-state index contributed by atoms with van der Waals surface area (Å²) in [6, 6.07) is 8.11. The summed E-state index contributed by atoms with van der Waals surface area (Å²) in [5, 5.41) is 2.48. The monoisotopic (exact) mass is 579 g/mol. The number of halogens is 4. The van der Waals surface area contributed by atoms with Crippen molar-refractivity contribution < 1.29 is 22.8 Å². The fraction of sp³-hybridized carbons (Fsp3) is 0.240. The van der Waals surface area contributed by atoms with Crippen molar-refractivity contribution in [1.29, 1.82) is 0 Å². The number of benzene rings is 2. The van der Waals surface area contributed by atoms with Gasteiger partial charge in [0.1, 0.15) is 17.5 Å². The molecule has 3 aromatic rings. The van der Waals surface area contributed by atoms with Crippen molar-refractivity contribution in [1.82, 2.24) is 10.3 Å². The molecule has 0 aliphatic carbocycles. The van der Waals surface area contributed by atoms with E-state index in [4.69, 9.17) is 0 Å². The number of pyridine rings is 1. The Morgan fingerprint density at radius 2 is 1.79 bits per heavy atom. The number of nitrogens with one attached hydrogen (secondary N) is 1. The van der Waals surface area contributed by atoms with E-state index in [9.17, 15) is 22.8 Å². The Kier molecular flexibility index (Phi) is 6.41. The summed E-state index contributed by atoms with van der Waals surface area (Å²) in [4.78, 5) is 32.0. The second kappa shape index (κ2) is 9.01. The van der Waals surface area contributed by atoms with Crippen LogP contribution in [0.5, 0.6) is 0 Å². The average molecular weight is 579 g/mol. The van der Waals surface area contributed by atoms with E-state index < -0.39 is 40.9 Å². The van der Waals surface area contributed by atoms with Crippen LogP contribution in [-0.4, -0.2) is 16.8 Å². The number of carbonyl (C=O) groups is 2. The largest absolute Gasteiger partial charge is 0.348 e. The number of aryl methyl sites for hydroxylation is 1. The van der Waals surface area contributed by atoms with Gasteiger partial charge in [0.15, 0.2) is 0 Å². The molecule has 0 saturated heterocycles. The molecule has 2 amide bonds. The van der Waals surface area contributed by atoms with E-state index in [1.54, 1.807) is 23.2 Å². The Bertz CT molecular complexity index is 1300. The standard InChI is InChI=1S/C25H21F3IN3O2/c1-13-6-14(4-5-30-13)12-32-21-8-15(7-20(29)22(21)25(2,3)24(32)34)23(33)31-11-17-18(27)9-16(26)10-19(17)28/h4-10H,11-12H2,1-3H3,(H,31,33). The van der Waals surface area contributed by atoms with Crippen LogP contribution in [0, 0.1) is 27.9 Å². The smallest absolute Gasteiger partial charge is 0.251 e. The SMILES string of the molecule is Cc1cc(CN2C(=O)C(C)(C)c3c(I)cc(C(=O)NCc4c(F)cc(F)cc4F)cc32)ccn1. The molecule has 5 nitrogen and oxygen atoms in total. The van der Waals surface area contributed by atoms with Crippen molar-refractivity contribution in [2.45, 2.75) is 39.3 Å². The van der Waals surface area contributed by atoms with Gasteiger partial charge in [0, 0.05) is 50.8 Å². The van der Waals surface area contributed by atoms with Crippen LogP contribution in [0.4, 0.5) is 18.9 Å². The molecule has 1 aliphatic heterocycles. The molecule has 4 rings (SSSR count). The number of fused-ring (bicyclic) bond motifs is 1. The maximum atomic E-state index is 13.9. The lowest BCUT2D eigenvalue weighted by atomic mass is 9.86. The molecule has 0 saturated carbocycles. The van der Waals surface area contributed by atoms with Crippen molar-refractivity contribution in [3.63, 3.8) is 0 Å². The highest BCUT2D eigenvalue weighted by molar-refractivity contribution is 14.1. The number of aromatic nitrogens is 1. The average Bonchev–Trinajstić information content (AvgIpc) is 2.93. The Morgan fingerprint density at radius 3 is 2.44 bits per heavy atom. The Morgan fingerprint density at radius 1 is 1.12 bits per heavy atom. The second-order valence-corrected chi connectivity index (χ2v) is 9.87. The second-order valence-electron chi connectivity index (χ2n) is 8.70.